The van der Waals surface area contributed by atoms with E-state index in [2.05, 4.69) is 42.9 Å². The van der Waals surface area contributed by atoms with Gasteiger partial charge >= 0.3 is 0 Å². The van der Waals surface area contributed by atoms with Gasteiger partial charge in [-0.05, 0) is 18.2 Å². The van der Waals surface area contributed by atoms with E-state index in [9.17, 15) is 0 Å². The van der Waals surface area contributed by atoms with Crippen molar-refractivity contribution in [2.24, 2.45) is 0 Å². The Balaban J connectivity index is 2.57. The van der Waals surface area contributed by atoms with Gasteiger partial charge in [0.25, 0.3) is 0 Å². The van der Waals surface area contributed by atoms with Crippen molar-refractivity contribution < 1.29 is 0 Å². The molecule has 1 nitrogen and oxygen atoms in total. The van der Waals surface area contributed by atoms with Crippen molar-refractivity contribution in [2.75, 3.05) is 0 Å². The van der Waals surface area contributed by atoms with E-state index in [1.807, 2.05) is 23.0 Å². The molecule has 0 fully saturated rings. The van der Waals surface area contributed by atoms with Gasteiger partial charge in [-0.3, -0.25) is 0 Å². The molecule has 1 aromatic heterocycles. The minimum atomic E-state index is 1.01. The number of nitrogens with zero attached hydrogens (tertiary/aromatic N) is 1. The highest BCUT2D eigenvalue weighted by Gasteiger charge is 2.04. The van der Waals surface area contributed by atoms with Gasteiger partial charge in [0, 0.05) is 19.9 Å². The highest BCUT2D eigenvalue weighted by molar-refractivity contribution is 9.11. The number of hydrogen-bond donors (Lipinski definition) is 0. The summed E-state index contributed by atoms with van der Waals surface area (Å²) in [6.45, 7) is 0. The maximum absolute atomic E-state index is 4.26. The molecule has 0 unspecified atom stereocenters. The molecule has 0 atom stereocenters. The number of rotatable bonds is 1. The molecule has 4 heteroatoms. The molecule has 2 rings (SSSR count). The summed E-state index contributed by atoms with van der Waals surface area (Å²) < 4.78 is 2.14. The van der Waals surface area contributed by atoms with Gasteiger partial charge in [-0.25, -0.2) is 4.98 Å². The van der Waals surface area contributed by atoms with Crippen LogP contribution in [0.1, 0.15) is 0 Å². The second kappa shape index (κ2) is 3.90. The first-order valence-corrected chi connectivity index (χ1v) is 6.14. The third-order valence-corrected chi connectivity index (χ3v) is 3.41. The third-order valence-electron chi connectivity index (χ3n) is 1.64. The molecule has 0 saturated carbocycles. The Hall–Kier alpha value is -0.190. The van der Waals surface area contributed by atoms with Crippen molar-refractivity contribution in [1.82, 2.24) is 4.98 Å². The number of thiazole rings is 1. The van der Waals surface area contributed by atoms with Crippen LogP contribution in [-0.4, -0.2) is 4.98 Å². The van der Waals surface area contributed by atoms with Crippen LogP contribution in [0.15, 0.2) is 38.0 Å². The Morgan fingerprint density at radius 1 is 1.23 bits per heavy atom. The van der Waals surface area contributed by atoms with Crippen LogP contribution >= 0.6 is 43.2 Å². The summed E-state index contributed by atoms with van der Waals surface area (Å²) >= 11 is 8.53. The first-order valence-electron chi connectivity index (χ1n) is 3.61. The summed E-state index contributed by atoms with van der Waals surface area (Å²) in [5.41, 5.74) is 3.97. The van der Waals surface area contributed by atoms with Crippen molar-refractivity contribution in [3.63, 3.8) is 0 Å². The highest BCUT2D eigenvalue weighted by Crippen LogP contribution is 2.30. The molecule has 13 heavy (non-hydrogen) atoms. The van der Waals surface area contributed by atoms with Crippen LogP contribution in [0.5, 0.6) is 0 Å². The van der Waals surface area contributed by atoms with Gasteiger partial charge in [0.1, 0.15) is 0 Å². The average molecular weight is 319 g/mol. The largest absolute Gasteiger partial charge is 0.245 e. The molecule has 0 amide bonds. The molecule has 66 valence electrons. The molecular formula is C9H5Br2NS. The van der Waals surface area contributed by atoms with E-state index in [-0.39, 0.29) is 0 Å². The fraction of sp³-hybridized carbons (Fsp3) is 0. The summed E-state index contributed by atoms with van der Waals surface area (Å²) in [6, 6.07) is 6.07. The normalized spacial score (nSPS) is 10.3. The summed E-state index contributed by atoms with van der Waals surface area (Å²) in [5.74, 6) is 0. The Morgan fingerprint density at radius 2 is 2.08 bits per heavy atom. The van der Waals surface area contributed by atoms with Gasteiger partial charge in [0.15, 0.2) is 0 Å². The fourth-order valence-electron chi connectivity index (χ4n) is 1.04. The molecule has 0 N–H and O–H groups in total. The smallest absolute Gasteiger partial charge is 0.0822 e. The predicted octanol–water partition coefficient (Wildman–Crippen LogP) is 4.34. The van der Waals surface area contributed by atoms with E-state index >= 15 is 0 Å². The standard InChI is InChI=1S/C9H5Br2NS/c10-6-1-2-8(11)7(3-6)9-4-13-5-12-9/h1-5H. The van der Waals surface area contributed by atoms with Crippen LogP contribution in [0.25, 0.3) is 11.3 Å². The van der Waals surface area contributed by atoms with E-state index in [0.29, 0.717) is 0 Å². The maximum Gasteiger partial charge on any atom is 0.0822 e. The Bertz CT molecular complexity index is 412. The minimum absolute atomic E-state index is 1.01. The average Bonchev–Trinajstić information content (AvgIpc) is 2.61. The van der Waals surface area contributed by atoms with Gasteiger partial charge in [-0.1, -0.05) is 31.9 Å². The number of hydrogen-bond acceptors (Lipinski definition) is 2. The Kier molecular flexibility index (Phi) is 2.81. The zero-order valence-corrected chi connectivity index (χ0v) is 10.5. The van der Waals surface area contributed by atoms with Crippen LogP contribution in [-0.2, 0) is 0 Å². The fourth-order valence-corrected chi connectivity index (χ4v) is 2.40. The quantitative estimate of drug-likeness (QED) is 0.762. The lowest BCUT2D eigenvalue weighted by molar-refractivity contribution is 1.40. The lowest BCUT2D eigenvalue weighted by atomic mass is 10.2. The zero-order chi connectivity index (χ0) is 9.26. The number of aromatic nitrogens is 1. The SMILES string of the molecule is Brc1ccc(Br)c(-c2cscn2)c1. The lowest BCUT2D eigenvalue weighted by Crippen LogP contribution is -1.79. The molecule has 0 radical (unpaired) electrons. The first-order chi connectivity index (χ1) is 6.27. The molecule has 0 aliphatic heterocycles. The lowest BCUT2D eigenvalue weighted by Gasteiger charge is -2.00. The summed E-state index contributed by atoms with van der Waals surface area (Å²) in [4.78, 5) is 4.26. The van der Waals surface area contributed by atoms with Gasteiger partial charge < -0.3 is 0 Å². The van der Waals surface area contributed by atoms with Crippen molar-refractivity contribution in [1.29, 1.82) is 0 Å². The number of benzene rings is 1. The summed E-state index contributed by atoms with van der Waals surface area (Å²) in [7, 11) is 0. The molecule has 0 aliphatic rings. The van der Waals surface area contributed by atoms with Gasteiger partial charge in [-0.15, -0.1) is 11.3 Å². The van der Waals surface area contributed by atoms with Gasteiger partial charge in [-0.2, -0.15) is 0 Å². The third kappa shape index (κ3) is 2.00. The second-order valence-electron chi connectivity index (χ2n) is 2.50. The molecule has 0 bridgehead atoms. The topological polar surface area (TPSA) is 12.9 Å². The van der Waals surface area contributed by atoms with Crippen LogP contribution in [0.3, 0.4) is 0 Å². The molecule has 2 aromatic rings. The van der Waals surface area contributed by atoms with E-state index in [1.165, 1.54) is 0 Å². The van der Waals surface area contributed by atoms with Gasteiger partial charge in [0.2, 0.25) is 0 Å². The molecule has 1 aromatic carbocycles. The van der Waals surface area contributed by atoms with Crippen LogP contribution in [0.4, 0.5) is 0 Å². The zero-order valence-electron chi connectivity index (χ0n) is 6.50. The molecule has 0 saturated heterocycles. The maximum atomic E-state index is 4.26. The molecule has 0 spiro atoms. The van der Waals surface area contributed by atoms with Crippen molar-refractivity contribution in [3.05, 3.63) is 38.0 Å². The number of halogens is 2. The predicted molar refractivity (Wildman–Crippen MR) is 63.0 cm³/mol. The molecule has 1 heterocycles. The van der Waals surface area contributed by atoms with Crippen LogP contribution < -0.4 is 0 Å². The monoisotopic (exact) mass is 317 g/mol. The van der Waals surface area contributed by atoms with E-state index in [0.717, 1.165) is 20.2 Å². The summed E-state index contributed by atoms with van der Waals surface area (Å²) in [5, 5.41) is 2.03. The molecule has 0 aliphatic carbocycles. The van der Waals surface area contributed by atoms with Crippen molar-refractivity contribution >= 4 is 43.2 Å². The Morgan fingerprint density at radius 3 is 2.77 bits per heavy atom. The van der Waals surface area contributed by atoms with Crippen LogP contribution in [0, 0.1) is 0 Å². The Labute approximate surface area is 97.1 Å². The second-order valence-corrected chi connectivity index (χ2v) is 4.99. The van der Waals surface area contributed by atoms with E-state index in [1.54, 1.807) is 11.3 Å². The summed E-state index contributed by atoms with van der Waals surface area (Å²) in [6.07, 6.45) is 0. The minimum Gasteiger partial charge on any atom is -0.245 e. The van der Waals surface area contributed by atoms with Crippen molar-refractivity contribution in [3.8, 4) is 11.3 Å². The van der Waals surface area contributed by atoms with Gasteiger partial charge in [0.05, 0.1) is 11.2 Å². The molecular weight excluding hydrogens is 314 g/mol. The van der Waals surface area contributed by atoms with E-state index < -0.39 is 0 Å². The van der Waals surface area contributed by atoms with Crippen LogP contribution in [0.2, 0.25) is 0 Å². The van der Waals surface area contributed by atoms with E-state index in [4.69, 9.17) is 0 Å². The highest BCUT2D eigenvalue weighted by atomic mass is 79.9. The van der Waals surface area contributed by atoms with Crippen molar-refractivity contribution in [2.45, 2.75) is 0 Å². The first kappa shape index (κ1) is 9.37.